The average Bonchev–Trinajstić information content (AvgIpc) is 2.94. The molecule has 0 amide bonds. The summed E-state index contributed by atoms with van der Waals surface area (Å²) in [6.45, 7) is 7.59. The van der Waals surface area contributed by atoms with E-state index in [0.29, 0.717) is 41.5 Å². The summed E-state index contributed by atoms with van der Waals surface area (Å²) in [6, 6.07) is 0. The summed E-state index contributed by atoms with van der Waals surface area (Å²) in [7, 11) is 1.66. The fourth-order valence-corrected chi connectivity index (χ4v) is 3.00. The van der Waals surface area contributed by atoms with Crippen LogP contribution < -0.4 is 5.56 Å². The van der Waals surface area contributed by atoms with Gasteiger partial charge < -0.3 is 14.4 Å². The Morgan fingerprint density at radius 2 is 2.00 bits per heavy atom. The summed E-state index contributed by atoms with van der Waals surface area (Å²) >= 11 is 0. The van der Waals surface area contributed by atoms with Gasteiger partial charge in [0.15, 0.2) is 0 Å². The van der Waals surface area contributed by atoms with Crippen LogP contribution in [0.15, 0.2) is 16.6 Å². The van der Waals surface area contributed by atoms with Crippen LogP contribution in [0.2, 0.25) is 0 Å². The molecule has 2 rings (SSSR count). The molecule has 134 valence electrons. The van der Waals surface area contributed by atoms with Crippen molar-refractivity contribution in [2.24, 2.45) is 7.05 Å². The van der Waals surface area contributed by atoms with E-state index in [1.165, 1.54) is 4.57 Å². The van der Waals surface area contributed by atoms with Crippen molar-refractivity contribution in [3.63, 3.8) is 0 Å². The molecule has 1 aliphatic rings. The highest BCUT2D eigenvalue weighted by Gasteiger charge is 2.30. The summed E-state index contributed by atoms with van der Waals surface area (Å²) in [6.07, 6.45) is 3.04. The number of carbonyl (C=O) groups is 1. The molecule has 1 N–H and O–H groups in total. The van der Waals surface area contributed by atoms with Crippen molar-refractivity contribution >= 4 is 11.5 Å². The van der Waals surface area contributed by atoms with Gasteiger partial charge in [0.1, 0.15) is 5.60 Å². The molecule has 0 aromatic carbocycles. The lowest BCUT2D eigenvalue weighted by molar-refractivity contribution is -0.136. The third kappa shape index (κ3) is 3.54. The number of ether oxygens (including phenoxy) is 1. The third-order valence-corrected chi connectivity index (χ3v) is 4.67. The number of esters is 1. The van der Waals surface area contributed by atoms with Crippen LogP contribution in [0.4, 0.5) is 0 Å². The Labute approximate surface area is 148 Å². The second-order valence-corrected chi connectivity index (χ2v) is 6.35. The molecule has 25 heavy (non-hydrogen) atoms. The zero-order valence-electron chi connectivity index (χ0n) is 15.5. The van der Waals surface area contributed by atoms with E-state index in [1.54, 1.807) is 20.2 Å². The number of hydrogen-bond donors (Lipinski definition) is 1. The molecule has 0 bridgehead atoms. The Kier molecular flexibility index (Phi) is 5.54. The number of pyridine rings is 1. The normalized spacial score (nSPS) is 13.4. The van der Waals surface area contributed by atoms with E-state index in [4.69, 9.17) is 4.74 Å². The van der Waals surface area contributed by atoms with E-state index in [0.717, 1.165) is 5.57 Å². The summed E-state index contributed by atoms with van der Waals surface area (Å²) in [5, 5.41) is 10.4. The highest BCUT2D eigenvalue weighted by molar-refractivity contribution is 6.19. The fourth-order valence-electron chi connectivity index (χ4n) is 3.00. The first-order valence-electron chi connectivity index (χ1n) is 8.63. The number of hydrogen-bond acceptors (Lipinski definition) is 4. The Morgan fingerprint density at radius 3 is 2.56 bits per heavy atom. The number of aliphatic hydroxyl groups is 1. The van der Waals surface area contributed by atoms with Crippen LogP contribution in [0.25, 0.3) is 5.57 Å². The van der Waals surface area contributed by atoms with Crippen LogP contribution in [0.3, 0.4) is 0 Å². The molecule has 0 saturated heterocycles. The predicted molar refractivity (Wildman–Crippen MR) is 97.0 cm³/mol. The number of allylic oxidation sites excluding steroid dienone is 1. The van der Waals surface area contributed by atoms with Crippen molar-refractivity contribution in [3.05, 3.63) is 38.8 Å². The van der Waals surface area contributed by atoms with Gasteiger partial charge in [-0.3, -0.25) is 4.79 Å². The third-order valence-electron chi connectivity index (χ3n) is 4.67. The molecule has 0 unspecified atom stereocenters. The van der Waals surface area contributed by atoms with Crippen LogP contribution in [-0.4, -0.2) is 27.9 Å². The first-order chi connectivity index (χ1) is 11.8. The first-order valence-corrected chi connectivity index (χ1v) is 8.63. The van der Waals surface area contributed by atoms with Crippen molar-refractivity contribution in [2.75, 3.05) is 6.61 Å². The summed E-state index contributed by atoms with van der Waals surface area (Å²) in [5.41, 5.74) is 1.70. The Morgan fingerprint density at radius 1 is 1.36 bits per heavy atom. The van der Waals surface area contributed by atoms with Crippen molar-refractivity contribution in [3.8, 4) is 11.8 Å². The monoisotopic (exact) mass is 343 g/mol. The average molecular weight is 343 g/mol. The maximum atomic E-state index is 12.5. The molecule has 0 aliphatic heterocycles. The van der Waals surface area contributed by atoms with Gasteiger partial charge in [0.2, 0.25) is 0 Å². The maximum Gasteiger partial charge on any atom is 0.338 e. The Bertz CT molecular complexity index is 845. The van der Waals surface area contributed by atoms with Crippen LogP contribution in [-0.2, 0) is 23.0 Å². The van der Waals surface area contributed by atoms with Crippen molar-refractivity contribution in [1.82, 2.24) is 4.57 Å². The van der Waals surface area contributed by atoms with Gasteiger partial charge in [-0.2, -0.15) is 0 Å². The quantitative estimate of drug-likeness (QED) is 0.672. The number of nitrogens with zero attached hydrogens (tertiary/aromatic N) is 1. The molecule has 1 aromatic heterocycles. The van der Waals surface area contributed by atoms with Crippen LogP contribution in [0.5, 0.6) is 0 Å². The molecule has 0 fully saturated rings. The highest BCUT2D eigenvalue weighted by atomic mass is 16.5. The van der Waals surface area contributed by atoms with Gasteiger partial charge in [0.25, 0.3) is 5.56 Å². The zero-order chi connectivity index (χ0) is 18.8. The molecular formula is C20H25NO4. The lowest BCUT2D eigenvalue weighted by Gasteiger charge is -2.17. The number of aryl methyl sites for hydroxylation is 1. The largest absolute Gasteiger partial charge is 0.462 e. The minimum Gasteiger partial charge on any atom is -0.462 e. The molecule has 0 atom stereocenters. The van der Waals surface area contributed by atoms with Gasteiger partial charge in [0, 0.05) is 36.4 Å². The molecule has 1 aromatic rings. The van der Waals surface area contributed by atoms with Gasteiger partial charge in [-0.15, -0.1) is 0 Å². The van der Waals surface area contributed by atoms with Crippen LogP contribution >= 0.6 is 0 Å². The van der Waals surface area contributed by atoms with Crippen LogP contribution in [0.1, 0.15) is 57.2 Å². The van der Waals surface area contributed by atoms with Crippen molar-refractivity contribution in [1.29, 1.82) is 0 Å². The number of fused-ring (bicyclic) bond motifs is 1. The Balaban J connectivity index is 2.68. The summed E-state index contributed by atoms with van der Waals surface area (Å²) in [4.78, 5) is 24.9. The van der Waals surface area contributed by atoms with Gasteiger partial charge >= 0.3 is 5.97 Å². The second kappa shape index (κ2) is 7.28. The van der Waals surface area contributed by atoms with E-state index in [-0.39, 0.29) is 12.2 Å². The van der Waals surface area contributed by atoms with Crippen LogP contribution in [0, 0.1) is 11.8 Å². The standard InChI is InChI=1S/C20H25NO4/c1-6-20(24,7-2)10-9-14-12-21(5)18(22)15-11-13(4)16(17(14)15)19(23)25-8-3/h12,24H,6-8,11H2,1-5H3. The first kappa shape index (κ1) is 19.0. The van der Waals surface area contributed by atoms with Gasteiger partial charge in [-0.25, -0.2) is 4.79 Å². The van der Waals surface area contributed by atoms with Gasteiger partial charge in [0.05, 0.1) is 12.2 Å². The molecule has 0 saturated carbocycles. The van der Waals surface area contributed by atoms with Crippen molar-refractivity contribution < 1.29 is 14.6 Å². The fraction of sp³-hybridized carbons (Fsp3) is 0.500. The lowest BCUT2D eigenvalue weighted by Crippen LogP contribution is -2.25. The molecule has 0 radical (unpaired) electrons. The van der Waals surface area contributed by atoms with Gasteiger partial charge in [-0.1, -0.05) is 31.3 Å². The van der Waals surface area contributed by atoms with Crippen molar-refractivity contribution in [2.45, 2.75) is 52.6 Å². The minimum absolute atomic E-state index is 0.138. The van der Waals surface area contributed by atoms with E-state index in [9.17, 15) is 14.7 Å². The van der Waals surface area contributed by atoms with E-state index < -0.39 is 11.6 Å². The molecule has 1 aliphatic carbocycles. The topological polar surface area (TPSA) is 68.5 Å². The maximum absolute atomic E-state index is 12.5. The number of aromatic nitrogens is 1. The molecule has 5 heteroatoms. The molecule has 0 spiro atoms. The highest BCUT2D eigenvalue weighted by Crippen LogP contribution is 2.34. The van der Waals surface area contributed by atoms with E-state index in [2.05, 4.69) is 11.8 Å². The van der Waals surface area contributed by atoms with E-state index in [1.807, 2.05) is 20.8 Å². The lowest BCUT2D eigenvalue weighted by atomic mass is 9.96. The molecule has 1 heterocycles. The number of carbonyl (C=O) groups excluding carboxylic acids is 1. The Hall–Kier alpha value is -2.32. The minimum atomic E-state index is -1.08. The SMILES string of the molecule is CCOC(=O)C1=C(C)Cc2c1c(C#CC(O)(CC)CC)cn(C)c2=O. The molecular weight excluding hydrogens is 318 g/mol. The predicted octanol–water partition coefficient (Wildman–Crippen LogP) is 2.18. The zero-order valence-corrected chi connectivity index (χ0v) is 15.5. The smallest absolute Gasteiger partial charge is 0.338 e. The summed E-state index contributed by atoms with van der Waals surface area (Å²) in [5.74, 6) is 5.48. The summed E-state index contributed by atoms with van der Waals surface area (Å²) < 4.78 is 6.64. The number of rotatable bonds is 4. The second-order valence-electron chi connectivity index (χ2n) is 6.35. The van der Waals surface area contributed by atoms with E-state index >= 15 is 0 Å². The van der Waals surface area contributed by atoms with Gasteiger partial charge in [-0.05, 0) is 26.7 Å². The molecule has 5 nitrogen and oxygen atoms in total.